The smallest absolute Gasteiger partial charge is 0.000824 e. The van der Waals surface area contributed by atoms with Crippen molar-refractivity contribution in [2.75, 3.05) is 6.54 Å². The molecule has 0 aromatic heterocycles. The highest BCUT2D eigenvalue weighted by Crippen LogP contribution is 2.23. The van der Waals surface area contributed by atoms with Gasteiger partial charge in [0.15, 0.2) is 0 Å². The SMILES string of the molecule is CCC(CN)c1cccc(C)c1C. The predicted octanol–water partition coefficient (Wildman–Crippen LogP) is 2.76. The van der Waals surface area contributed by atoms with Gasteiger partial charge in [0.1, 0.15) is 0 Å². The summed E-state index contributed by atoms with van der Waals surface area (Å²) in [6.45, 7) is 7.28. The highest BCUT2D eigenvalue weighted by Gasteiger charge is 2.10. The molecule has 0 spiro atoms. The molecule has 0 fully saturated rings. The highest BCUT2D eigenvalue weighted by atomic mass is 14.5. The zero-order valence-corrected chi connectivity index (χ0v) is 8.80. The Kier molecular flexibility index (Phi) is 3.49. The van der Waals surface area contributed by atoms with Gasteiger partial charge in [-0.2, -0.15) is 0 Å². The Morgan fingerprint density at radius 1 is 1.31 bits per heavy atom. The second-order valence-corrected chi connectivity index (χ2v) is 3.63. The molecular formula is C12H19N. The minimum absolute atomic E-state index is 0.528. The molecule has 0 heterocycles. The number of nitrogens with two attached hydrogens (primary N) is 1. The standard InChI is InChI=1S/C12H19N/c1-4-11(8-13)12-7-5-6-9(2)10(12)3/h5-7,11H,4,8,13H2,1-3H3. The molecule has 0 aliphatic heterocycles. The van der Waals surface area contributed by atoms with E-state index in [1.165, 1.54) is 16.7 Å². The van der Waals surface area contributed by atoms with Gasteiger partial charge in [-0.3, -0.25) is 0 Å². The summed E-state index contributed by atoms with van der Waals surface area (Å²) in [4.78, 5) is 0. The van der Waals surface area contributed by atoms with Crippen molar-refractivity contribution in [2.24, 2.45) is 5.73 Å². The minimum atomic E-state index is 0.528. The average molecular weight is 177 g/mol. The van der Waals surface area contributed by atoms with Gasteiger partial charge in [0, 0.05) is 0 Å². The van der Waals surface area contributed by atoms with E-state index in [2.05, 4.69) is 39.0 Å². The molecule has 0 bridgehead atoms. The predicted molar refractivity (Wildman–Crippen MR) is 58.0 cm³/mol. The van der Waals surface area contributed by atoms with Crippen LogP contribution in [0.1, 0.15) is 36.0 Å². The molecule has 0 saturated heterocycles. The van der Waals surface area contributed by atoms with Crippen LogP contribution in [0.4, 0.5) is 0 Å². The summed E-state index contributed by atoms with van der Waals surface area (Å²) in [6, 6.07) is 6.47. The molecular weight excluding hydrogens is 158 g/mol. The number of aryl methyl sites for hydroxylation is 1. The van der Waals surface area contributed by atoms with Crippen LogP contribution in [0.25, 0.3) is 0 Å². The monoisotopic (exact) mass is 177 g/mol. The Bertz CT molecular complexity index is 274. The first kappa shape index (κ1) is 10.3. The first-order valence-electron chi connectivity index (χ1n) is 4.96. The summed E-state index contributed by atoms with van der Waals surface area (Å²) >= 11 is 0. The Morgan fingerprint density at radius 3 is 2.54 bits per heavy atom. The van der Waals surface area contributed by atoms with Crippen LogP contribution in [0, 0.1) is 13.8 Å². The molecule has 1 aromatic rings. The van der Waals surface area contributed by atoms with Crippen LogP contribution in [-0.4, -0.2) is 6.54 Å². The van der Waals surface area contributed by atoms with E-state index >= 15 is 0 Å². The Balaban J connectivity index is 3.05. The lowest BCUT2D eigenvalue weighted by Gasteiger charge is -2.16. The molecule has 1 nitrogen and oxygen atoms in total. The molecule has 72 valence electrons. The van der Waals surface area contributed by atoms with E-state index in [9.17, 15) is 0 Å². The van der Waals surface area contributed by atoms with Crippen molar-refractivity contribution < 1.29 is 0 Å². The normalized spacial score (nSPS) is 12.9. The van der Waals surface area contributed by atoms with Crippen LogP contribution in [0.15, 0.2) is 18.2 Å². The molecule has 1 aromatic carbocycles. The third-order valence-corrected chi connectivity index (χ3v) is 2.86. The molecule has 0 aliphatic rings. The maximum Gasteiger partial charge on any atom is -0.000824 e. The van der Waals surface area contributed by atoms with Gasteiger partial charge in [-0.1, -0.05) is 25.1 Å². The zero-order chi connectivity index (χ0) is 9.84. The van der Waals surface area contributed by atoms with E-state index in [1.54, 1.807) is 0 Å². The van der Waals surface area contributed by atoms with Gasteiger partial charge in [0.05, 0.1) is 0 Å². The summed E-state index contributed by atoms with van der Waals surface area (Å²) in [5.74, 6) is 0.528. The van der Waals surface area contributed by atoms with Crippen molar-refractivity contribution in [1.82, 2.24) is 0 Å². The summed E-state index contributed by atoms with van der Waals surface area (Å²) in [5, 5.41) is 0. The van der Waals surface area contributed by atoms with Gasteiger partial charge in [-0.05, 0) is 49.4 Å². The maximum atomic E-state index is 5.73. The fourth-order valence-corrected chi connectivity index (χ4v) is 1.73. The Labute approximate surface area is 81.0 Å². The van der Waals surface area contributed by atoms with Crippen LogP contribution in [0.3, 0.4) is 0 Å². The molecule has 2 N–H and O–H groups in total. The van der Waals surface area contributed by atoms with E-state index in [0.29, 0.717) is 5.92 Å². The molecule has 0 saturated carbocycles. The maximum absolute atomic E-state index is 5.73. The van der Waals surface area contributed by atoms with E-state index in [0.717, 1.165) is 13.0 Å². The zero-order valence-electron chi connectivity index (χ0n) is 8.80. The topological polar surface area (TPSA) is 26.0 Å². The lowest BCUT2D eigenvalue weighted by atomic mass is 9.91. The van der Waals surface area contributed by atoms with Gasteiger partial charge in [-0.15, -0.1) is 0 Å². The number of hydrogen-bond acceptors (Lipinski definition) is 1. The minimum Gasteiger partial charge on any atom is -0.330 e. The van der Waals surface area contributed by atoms with Crippen LogP contribution >= 0.6 is 0 Å². The van der Waals surface area contributed by atoms with Gasteiger partial charge >= 0.3 is 0 Å². The van der Waals surface area contributed by atoms with E-state index < -0.39 is 0 Å². The molecule has 0 radical (unpaired) electrons. The quantitative estimate of drug-likeness (QED) is 0.755. The first-order valence-corrected chi connectivity index (χ1v) is 4.96. The number of rotatable bonds is 3. The molecule has 1 unspecified atom stereocenters. The fraction of sp³-hybridized carbons (Fsp3) is 0.500. The molecule has 1 atom stereocenters. The van der Waals surface area contributed by atoms with E-state index in [1.807, 2.05) is 0 Å². The molecule has 1 heteroatoms. The van der Waals surface area contributed by atoms with Crippen molar-refractivity contribution in [1.29, 1.82) is 0 Å². The lowest BCUT2D eigenvalue weighted by molar-refractivity contribution is 0.669. The van der Waals surface area contributed by atoms with Gasteiger partial charge in [0.25, 0.3) is 0 Å². The van der Waals surface area contributed by atoms with Crippen molar-refractivity contribution in [3.8, 4) is 0 Å². The second-order valence-electron chi connectivity index (χ2n) is 3.63. The average Bonchev–Trinajstić information content (AvgIpc) is 2.14. The van der Waals surface area contributed by atoms with Crippen molar-refractivity contribution in [3.05, 3.63) is 34.9 Å². The van der Waals surface area contributed by atoms with E-state index in [4.69, 9.17) is 5.73 Å². The number of benzene rings is 1. The molecule has 0 amide bonds. The summed E-state index contributed by atoms with van der Waals surface area (Å²) in [7, 11) is 0. The van der Waals surface area contributed by atoms with Gasteiger partial charge in [0.2, 0.25) is 0 Å². The Morgan fingerprint density at radius 2 is 2.00 bits per heavy atom. The van der Waals surface area contributed by atoms with Crippen LogP contribution < -0.4 is 5.73 Å². The molecule has 0 aliphatic carbocycles. The van der Waals surface area contributed by atoms with Crippen LogP contribution in [0.2, 0.25) is 0 Å². The summed E-state index contributed by atoms with van der Waals surface area (Å²) < 4.78 is 0. The third-order valence-electron chi connectivity index (χ3n) is 2.86. The van der Waals surface area contributed by atoms with Gasteiger partial charge in [-0.25, -0.2) is 0 Å². The van der Waals surface area contributed by atoms with Crippen molar-refractivity contribution in [2.45, 2.75) is 33.1 Å². The van der Waals surface area contributed by atoms with Gasteiger partial charge < -0.3 is 5.73 Å². The van der Waals surface area contributed by atoms with Crippen LogP contribution in [0.5, 0.6) is 0 Å². The lowest BCUT2D eigenvalue weighted by Crippen LogP contribution is -2.13. The third kappa shape index (κ3) is 2.10. The van der Waals surface area contributed by atoms with Crippen molar-refractivity contribution in [3.63, 3.8) is 0 Å². The fourth-order valence-electron chi connectivity index (χ4n) is 1.73. The first-order chi connectivity index (χ1) is 6.20. The summed E-state index contributed by atoms with van der Waals surface area (Å²) in [5.41, 5.74) is 9.92. The highest BCUT2D eigenvalue weighted by molar-refractivity contribution is 5.35. The second kappa shape index (κ2) is 4.43. The van der Waals surface area contributed by atoms with Crippen LogP contribution in [-0.2, 0) is 0 Å². The van der Waals surface area contributed by atoms with Crippen molar-refractivity contribution >= 4 is 0 Å². The largest absolute Gasteiger partial charge is 0.330 e. The molecule has 13 heavy (non-hydrogen) atoms. The van der Waals surface area contributed by atoms with E-state index in [-0.39, 0.29) is 0 Å². The Hall–Kier alpha value is -0.820. The number of hydrogen-bond donors (Lipinski definition) is 1. The summed E-state index contributed by atoms with van der Waals surface area (Å²) in [6.07, 6.45) is 1.13. The molecule has 1 rings (SSSR count).